The van der Waals surface area contributed by atoms with Gasteiger partial charge in [-0.1, -0.05) is 11.3 Å². The largest absolute Gasteiger partial charge is 0.411 e. The van der Waals surface area contributed by atoms with E-state index in [1.54, 1.807) is 0 Å². The molecule has 5 aromatic rings. The van der Waals surface area contributed by atoms with Crippen molar-refractivity contribution >= 4 is 11.8 Å². The molecule has 0 bridgehead atoms. The molecule has 202 valence electrons. The molecule has 39 heavy (non-hydrogen) atoms. The summed E-state index contributed by atoms with van der Waals surface area (Å²) in [5, 5.41) is 29.3. The summed E-state index contributed by atoms with van der Waals surface area (Å²) >= 11 is 0.605. The second-order valence-electron chi connectivity index (χ2n) is 7.92. The summed E-state index contributed by atoms with van der Waals surface area (Å²) in [6.07, 6.45) is 3.71. The van der Waals surface area contributed by atoms with E-state index < -0.39 is 69.5 Å². The topological polar surface area (TPSA) is 121 Å². The fraction of sp³-hybridized carbons (Fsp3) is 0.143. The predicted octanol–water partition coefficient (Wildman–Crippen LogP) is 3.63. The van der Waals surface area contributed by atoms with Crippen LogP contribution in [0.3, 0.4) is 0 Å². The van der Waals surface area contributed by atoms with Gasteiger partial charge in [-0.05, 0) is 17.8 Å². The van der Waals surface area contributed by atoms with Crippen LogP contribution in [0.2, 0.25) is 0 Å². The van der Waals surface area contributed by atoms with E-state index in [9.17, 15) is 35.8 Å². The van der Waals surface area contributed by atoms with Crippen molar-refractivity contribution in [2.24, 2.45) is 0 Å². The highest BCUT2D eigenvalue weighted by Crippen LogP contribution is 2.34. The molecule has 0 fully saturated rings. The third kappa shape index (κ3) is 5.07. The lowest BCUT2D eigenvalue weighted by Gasteiger charge is -2.28. The first kappa shape index (κ1) is 26.3. The average Bonchev–Trinajstić information content (AvgIpc) is 3.65. The normalized spacial score (nSPS) is 13.1. The van der Waals surface area contributed by atoms with Crippen LogP contribution in [0.5, 0.6) is 0 Å². The maximum Gasteiger partial charge on any atom is 0.283 e. The lowest BCUT2D eigenvalue weighted by atomic mass is 9.93. The zero-order chi connectivity index (χ0) is 27.9. The van der Waals surface area contributed by atoms with E-state index in [0.717, 1.165) is 16.8 Å². The standard InChI is InChI=1S/C21H11F7N8O2S/c22-9-1-2-10(11(23)3-9)21(37,6-36-8-29-7-30-36)5-35-4-12(31-34-35)39-20-33-32-19(38-20)13-14(24)16(26)18(28)17(27)15(13)25/h1-4,7-8,37H,5-6H2. The van der Waals surface area contributed by atoms with E-state index in [0.29, 0.717) is 17.8 Å². The molecular formula is C21H11F7N8O2S. The molecule has 0 radical (unpaired) electrons. The molecule has 1 N–H and O–H groups in total. The molecule has 1 unspecified atom stereocenters. The number of aliphatic hydroxyl groups is 1. The van der Waals surface area contributed by atoms with Crippen LogP contribution in [0, 0.1) is 40.7 Å². The number of hydrogen-bond acceptors (Lipinski definition) is 9. The van der Waals surface area contributed by atoms with E-state index in [-0.39, 0.29) is 17.1 Å². The van der Waals surface area contributed by atoms with Gasteiger partial charge in [-0.3, -0.25) is 0 Å². The van der Waals surface area contributed by atoms with Crippen LogP contribution in [0.1, 0.15) is 5.56 Å². The highest BCUT2D eigenvalue weighted by molar-refractivity contribution is 7.99. The molecule has 1 atom stereocenters. The van der Waals surface area contributed by atoms with Crippen LogP contribution < -0.4 is 0 Å². The van der Waals surface area contributed by atoms with E-state index >= 15 is 0 Å². The fourth-order valence-electron chi connectivity index (χ4n) is 3.58. The summed E-state index contributed by atoms with van der Waals surface area (Å²) in [6.45, 7) is -0.727. The minimum absolute atomic E-state index is 0.0327. The van der Waals surface area contributed by atoms with E-state index in [1.807, 2.05) is 0 Å². The molecule has 0 spiro atoms. The highest BCUT2D eigenvalue weighted by atomic mass is 32.2. The number of hydrogen-bond donors (Lipinski definition) is 1. The second-order valence-corrected chi connectivity index (χ2v) is 8.89. The van der Waals surface area contributed by atoms with Crippen molar-refractivity contribution in [3.05, 3.63) is 83.3 Å². The highest BCUT2D eigenvalue weighted by Gasteiger charge is 2.35. The smallest absolute Gasteiger partial charge is 0.283 e. The molecule has 0 amide bonds. The van der Waals surface area contributed by atoms with Crippen LogP contribution in [-0.2, 0) is 18.7 Å². The number of aromatic nitrogens is 8. The number of benzene rings is 2. The number of rotatable bonds is 8. The summed E-state index contributed by atoms with van der Waals surface area (Å²) in [5.41, 5.74) is -3.70. The Morgan fingerprint density at radius 1 is 0.872 bits per heavy atom. The second kappa shape index (κ2) is 10.1. The van der Waals surface area contributed by atoms with Crippen LogP contribution in [0.4, 0.5) is 30.7 Å². The molecule has 18 heteroatoms. The lowest BCUT2D eigenvalue weighted by Crippen LogP contribution is -2.37. The Bertz CT molecular complexity index is 1630. The van der Waals surface area contributed by atoms with Gasteiger partial charge in [-0.2, -0.15) is 5.10 Å². The Morgan fingerprint density at radius 2 is 1.56 bits per heavy atom. The first-order valence-electron chi connectivity index (χ1n) is 10.5. The maximum absolute atomic E-state index is 14.6. The van der Waals surface area contributed by atoms with Gasteiger partial charge in [0, 0.05) is 11.6 Å². The molecule has 0 saturated heterocycles. The quantitative estimate of drug-likeness (QED) is 0.169. The van der Waals surface area contributed by atoms with Crippen molar-refractivity contribution in [3.63, 3.8) is 0 Å². The van der Waals surface area contributed by atoms with Crippen molar-refractivity contribution in [2.75, 3.05) is 0 Å². The maximum atomic E-state index is 14.6. The van der Waals surface area contributed by atoms with Crippen LogP contribution >= 0.6 is 11.8 Å². The van der Waals surface area contributed by atoms with Gasteiger partial charge in [0.25, 0.3) is 11.1 Å². The van der Waals surface area contributed by atoms with Crippen LogP contribution in [0.25, 0.3) is 11.5 Å². The summed E-state index contributed by atoms with van der Waals surface area (Å²) in [5.74, 6) is -13.9. The van der Waals surface area contributed by atoms with Crippen molar-refractivity contribution in [2.45, 2.75) is 28.9 Å². The van der Waals surface area contributed by atoms with E-state index in [2.05, 4.69) is 30.6 Å². The first-order chi connectivity index (χ1) is 18.6. The van der Waals surface area contributed by atoms with E-state index in [4.69, 9.17) is 4.42 Å². The van der Waals surface area contributed by atoms with Gasteiger partial charge >= 0.3 is 0 Å². The average molecular weight is 572 g/mol. The molecule has 3 aromatic heterocycles. The predicted molar refractivity (Wildman–Crippen MR) is 114 cm³/mol. The SMILES string of the molecule is OC(Cn1cncn1)(Cn1cc(Sc2nnc(-c3c(F)c(F)c(F)c(F)c3F)o2)nn1)c1ccc(F)cc1F. The molecule has 0 aliphatic carbocycles. The van der Waals surface area contributed by atoms with Gasteiger partial charge in [0.1, 0.15) is 40.5 Å². The van der Waals surface area contributed by atoms with E-state index in [1.165, 1.54) is 23.5 Å². The van der Waals surface area contributed by atoms with Crippen molar-refractivity contribution in [1.82, 2.24) is 40.0 Å². The van der Waals surface area contributed by atoms with Crippen LogP contribution in [-0.4, -0.2) is 45.1 Å². The third-order valence-corrected chi connectivity index (χ3v) is 6.02. The fourth-order valence-corrected chi connectivity index (χ4v) is 4.21. The minimum Gasteiger partial charge on any atom is -0.411 e. The van der Waals surface area contributed by atoms with Gasteiger partial charge in [0.15, 0.2) is 23.3 Å². The van der Waals surface area contributed by atoms with Crippen molar-refractivity contribution in [1.29, 1.82) is 0 Å². The molecule has 5 rings (SSSR count). The van der Waals surface area contributed by atoms with Gasteiger partial charge in [-0.15, -0.1) is 15.3 Å². The van der Waals surface area contributed by atoms with Crippen molar-refractivity contribution < 1.29 is 40.3 Å². The first-order valence-corrected chi connectivity index (χ1v) is 11.3. The zero-order valence-corrected chi connectivity index (χ0v) is 19.7. The number of nitrogens with zero attached hydrogens (tertiary/aromatic N) is 8. The van der Waals surface area contributed by atoms with Gasteiger partial charge < -0.3 is 9.52 Å². The lowest BCUT2D eigenvalue weighted by molar-refractivity contribution is -0.00893. The Labute approximate surface area is 216 Å². The molecular weight excluding hydrogens is 561 g/mol. The van der Waals surface area contributed by atoms with Crippen molar-refractivity contribution in [3.8, 4) is 11.5 Å². The number of halogens is 7. The summed E-state index contributed by atoms with van der Waals surface area (Å²) in [6, 6.07) is 2.63. The molecule has 2 aromatic carbocycles. The Hall–Kier alpha value is -4.32. The van der Waals surface area contributed by atoms with Gasteiger partial charge in [-0.25, -0.2) is 45.1 Å². The van der Waals surface area contributed by atoms with Crippen LogP contribution in [0.15, 0.2) is 51.7 Å². The summed E-state index contributed by atoms with van der Waals surface area (Å²) < 4.78 is 104. The summed E-state index contributed by atoms with van der Waals surface area (Å²) in [7, 11) is 0. The Balaban J connectivity index is 1.39. The Kier molecular flexibility index (Phi) is 6.81. The molecule has 10 nitrogen and oxygen atoms in total. The third-order valence-electron chi connectivity index (χ3n) is 5.29. The monoisotopic (exact) mass is 572 g/mol. The Morgan fingerprint density at radius 3 is 2.23 bits per heavy atom. The minimum atomic E-state index is -2.34. The van der Waals surface area contributed by atoms with Gasteiger partial charge in [0.2, 0.25) is 5.82 Å². The molecule has 0 aliphatic rings. The molecule has 3 heterocycles. The molecule has 0 aliphatic heterocycles. The summed E-state index contributed by atoms with van der Waals surface area (Å²) in [4.78, 5) is 3.76. The molecule has 0 saturated carbocycles. The van der Waals surface area contributed by atoms with Gasteiger partial charge in [0.05, 0.1) is 19.3 Å². The zero-order valence-electron chi connectivity index (χ0n) is 18.9.